The molecule has 1 amide bonds. The summed E-state index contributed by atoms with van der Waals surface area (Å²) in [7, 11) is 0. The van der Waals surface area contributed by atoms with Crippen LogP contribution in [0.25, 0.3) is 5.69 Å². The predicted molar refractivity (Wildman–Crippen MR) is 106 cm³/mol. The molecule has 2 heterocycles. The fourth-order valence-corrected chi connectivity index (χ4v) is 4.04. The van der Waals surface area contributed by atoms with Gasteiger partial charge in [0.15, 0.2) is 16.5 Å². The molecule has 7 nitrogen and oxygen atoms in total. The van der Waals surface area contributed by atoms with Gasteiger partial charge < -0.3 is 4.74 Å². The van der Waals surface area contributed by atoms with E-state index in [1.54, 1.807) is 29.1 Å². The highest BCUT2D eigenvalue weighted by atomic mass is 32.1. The van der Waals surface area contributed by atoms with Gasteiger partial charge in [-0.3, -0.25) is 10.1 Å². The number of carbonyl (C=O) groups is 2. The third-order valence-electron chi connectivity index (χ3n) is 4.68. The van der Waals surface area contributed by atoms with Crippen molar-refractivity contribution in [1.29, 1.82) is 0 Å². The fraction of sp³-hybridized carbons (Fsp3) is 0.300. The van der Waals surface area contributed by atoms with Crippen molar-refractivity contribution in [2.45, 2.75) is 32.6 Å². The molecule has 0 aliphatic heterocycles. The zero-order valence-corrected chi connectivity index (χ0v) is 16.6. The van der Waals surface area contributed by atoms with Gasteiger partial charge in [0.1, 0.15) is 5.82 Å². The monoisotopic (exact) mass is 414 g/mol. The average molecular weight is 414 g/mol. The normalized spacial score (nSPS) is 13.0. The number of halogens is 1. The van der Waals surface area contributed by atoms with Crippen LogP contribution in [0, 0.1) is 5.82 Å². The van der Waals surface area contributed by atoms with E-state index in [2.05, 4.69) is 15.4 Å². The lowest BCUT2D eigenvalue weighted by Crippen LogP contribution is -2.16. The lowest BCUT2D eigenvalue weighted by molar-refractivity contribution is 0.0520. The number of amides is 1. The molecule has 0 atom stereocenters. The number of hydrogen-bond donors (Lipinski definition) is 1. The number of nitrogens with one attached hydrogen (secondary N) is 1. The SMILES string of the molecule is CCOC(=O)c1csc(NC(=O)c2nn(-c3ccc(F)cc3)c3c2CCCC3)n1. The Morgan fingerprint density at radius 3 is 2.76 bits per heavy atom. The summed E-state index contributed by atoms with van der Waals surface area (Å²) in [6, 6.07) is 6.04. The van der Waals surface area contributed by atoms with Crippen LogP contribution >= 0.6 is 11.3 Å². The number of anilines is 1. The molecule has 4 rings (SSSR count). The van der Waals surface area contributed by atoms with Gasteiger partial charge >= 0.3 is 5.97 Å². The maximum absolute atomic E-state index is 13.3. The van der Waals surface area contributed by atoms with Crippen LogP contribution in [0.3, 0.4) is 0 Å². The van der Waals surface area contributed by atoms with Crippen molar-refractivity contribution in [3.05, 3.63) is 58.1 Å². The summed E-state index contributed by atoms with van der Waals surface area (Å²) in [4.78, 5) is 28.8. The van der Waals surface area contributed by atoms with Gasteiger partial charge in [0.25, 0.3) is 5.91 Å². The van der Waals surface area contributed by atoms with Gasteiger partial charge in [0.05, 0.1) is 12.3 Å². The fourth-order valence-electron chi connectivity index (χ4n) is 3.36. The first-order valence-corrected chi connectivity index (χ1v) is 10.3. The number of carbonyl (C=O) groups excluding carboxylic acids is 2. The minimum Gasteiger partial charge on any atom is -0.461 e. The molecule has 0 saturated heterocycles. The second-order valence-corrected chi connectivity index (χ2v) is 7.44. The molecule has 0 fully saturated rings. The molecule has 0 saturated carbocycles. The van der Waals surface area contributed by atoms with Crippen LogP contribution in [-0.2, 0) is 17.6 Å². The molecule has 2 aromatic heterocycles. The second kappa shape index (κ2) is 8.12. The molecular formula is C20H19FN4O3S. The molecule has 29 heavy (non-hydrogen) atoms. The van der Waals surface area contributed by atoms with E-state index < -0.39 is 5.97 Å². The molecule has 3 aromatic rings. The minimum absolute atomic E-state index is 0.158. The molecule has 9 heteroatoms. The summed E-state index contributed by atoms with van der Waals surface area (Å²) in [5, 5.41) is 9.10. The number of hydrogen-bond acceptors (Lipinski definition) is 6. The van der Waals surface area contributed by atoms with E-state index in [4.69, 9.17) is 4.74 Å². The van der Waals surface area contributed by atoms with E-state index >= 15 is 0 Å². The van der Waals surface area contributed by atoms with Gasteiger partial charge in [0, 0.05) is 16.6 Å². The van der Waals surface area contributed by atoms with Crippen molar-refractivity contribution >= 4 is 28.3 Å². The van der Waals surface area contributed by atoms with Crippen LogP contribution in [0.5, 0.6) is 0 Å². The molecule has 1 aromatic carbocycles. The Bertz CT molecular complexity index is 1060. The number of aromatic nitrogens is 3. The average Bonchev–Trinajstić information content (AvgIpc) is 3.34. The van der Waals surface area contributed by atoms with Crippen LogP contribution in [0.1, 0.15) is 52.0 Å². The zero-order chi connectivity index (χ0) is 20.4. The third-order valence-corrected chi connectivity index (χ3v) is 5.43. The number of benzene rings is 1. The Morgan fingerprint density at radius 1 is 1.24 bits per heavy atom. The van der Waals surface area contributed by atoms with E-state index in [0.29, 0.717) is 16.5 Å². The molecule has 0 unspecified atom stereocenters. The van der Waals surface area contributed by atoms with E-state index in [1.807, 2.05) is 0 Å². The van der Waals surface area contributed by atoms with Crippen molar-refractivity contribution in [3.63, 3.8) is 0 Å². The quantitative estimate of drug-likeness (QED) is 0.642. The molecule has 0 radical (unpaired) electrons. The predicted octanol–water partition coefficient (Wildman–Crippen LogP) is 3.78. The third kappa shape index (κ3) is 3.91. The Balaban J connectivity index is 1.62. The number of ether oxygens (including phenoxy) is 1. The van der Waals surface area contributed by atoms with E-state index in [1.165, 1.54) is 12.1 Å². The Labute approximate surface area is 170 Å². The minimum atomic E-state index is -0.526. The summed E-state index contributed by atoms with van der Waals surface area (Å²) >= 11 is 1.15. The molecule has 150 valence electrons. The Hall–Kier alpha value is -3.07. The van der Waals surface area contributed by atoms with Gasteiger partial charge in [0.2, 0.25) is 0 Å². The number of nitrogens with zero attached hydrogens (tertiary/aromatic N) is 3. The van der Waals surface area contributed by atoms with Gasteiger partial charge in [-0.2, -0.15) is 5.10 Å². The molecule has 1 aliphatic rings. The Kier molecular flexibility index (Phi) is 5.39. The summed E-state index contributed by atoms with van der Waals surface area (Å²) < 4.78 is 19.9. The van der Waals surface area contributed by atoms with Crippen molar-refractivity contribution < 1.29 is 18.7 Å². The highest BCUT2D eigenvalue weighted by Gasteiger charge is 2.26. The van der Waals surface area contributed by atoms with Crippen LogP contribution < -0.4 is 5.32 Å². The smallest absolute Gasteiger partial charge is 0.357 e. The maximum atomic E-state index is 13.3. The second-order valence-electron chi connectivity index (χ2n) is 6.58. The molecule has 0 spiro atoms. The molecule has 1 N–H and O–H groups in total. The van der Waals surface area contributed by atoms with E-state index in [9.17, 15) is 14.0 Å². The highest BCUT2D eigenvalue weighted by Crippen LogP contribution is 2.28. The number of fused-ring (bicyclic) bond motifs is 1. The molecule has 1 aliphatic carbocycles. The first kappa shape index (κ1) is 19.3. The van der Waals surface area contributed by atoms with Crippen LogP contribution in [0.15, 0.2) is 29.6 Å². The van der Waals surface area contributed by atoms with Crippen molar-refractivity contribution in [1.82, 2.24) is 14.8 Å². The zero-order valence-electron chi connectivity index (χ0n) is 15.8. The van der Waals surface area contributed by atoms with Crippen molar-refractivity contribution in [2.24, 2.45) is 0 Å². The molecule has 0 bridgehead atoms. The highest BCUT2D eigenvalue weighted by molar-refractivity contribution is 7.14. The number of esters is 1. The van der Waals surface area contributed by atoms with Gasteiger partial charge in [-0.05, 0) is 56.9 Å². The lowest BCUT2D eigenvalue weighted by atomic mass is 9.95. The number of thiazole rings is 1. The summed E-state index contributed by atoms with van der Waals surface area (Å²) in [6.45, 7) is 1.97. The topological polar surface area (TPSA) is 86.1 Å². The van der Waals surface area contributed by atoms with Gasteiger partial charge in [-0.15, -0.1) is 11.3 Å². The summed E-state index contributed by atoms with van der Waals surface area (Å²) in [5.41, 5.74) is 3.07. The molecular weight excluding hydrogens is 395 g/mol. The van der Waals surface area contributed by atoms with Gasteiger partial charge in [-0.1, -0.05) is 0 Å². The summed E-state index contributed by atoms with van der Waals surface area (Å²) in [6.07, 6.45) is 3.55. The standard InChI is InChI=1S/C20H19FN4O3S/c1-2-28-19(27)15-11-29-20(22-15)23-18(26)17-14-5-3-4-6-16(14)25(24-17)13-9-7-12(21)8-10-13/h7-11H,2-6H2,1H3,(H,22,23,26). The van der Waals surface area contributed by atoms with Gasteiger partial charge in [-0.25, -0.2) is 18.9 Å². The van der Waals surface area contributed by atoms with E-state index in [0.717, 1.165) is 48.3 Å². The first-order valence-electron chi connectivity index (χ1n) is 9.37. The maximum Gasteiger partial charge on any atom is 0.357 e. The van der Waals surface area contributed by atoms with Crippen molar-refractivity contribution in [3.8, 4) is 5.69 Å². The Morgan fingerprint density at radius 2 is 2.00 bits per heavy atom. The van der Waals surface area contributed by atoms with Crippen LogP contribution in [0.4, 0.5) is 9.52 Å². The van der Waals surface area contributed by atoms with Crippen LogP contribution in [0.2, 0.25) is 0 Å². The van der Waals surface area contributed by atoms with Crippen molar-refractivity contribution in [2.75, 3.05) is 11.9 Å². The van der Waals surface area contributed by atoms with E-state index in [-0.39, 0.29) is 24.0 Å². The first-order chi connectivity index (χ1) is 14.1. The summed E-state index contributed by atoms with van der Waals surface area (Å²) in [5.74, 6) is -1.23. The van der Waals surface area contributed by atoms with Crippen LogP contribution in [-0.4, -0.2) is 33.2 Å². The number of rotatable bonds is 5. The lowest BCUT2D eigenvalue weighted by Gasteiger charge is -2.14. The largest absolute Gasteiger partial charge is 0.461 e.